The van der Waals surface area contributed by atoms with Gasteiger partial charge < -0.3 is 34.6 Å². The van der Waals surface area contributed by atoms with Crippen LogP contribution in [0.1, 0.15) is 10.4 Å². The van der Waals surface area contributed by atoms with Crippen molar-refractivity contribution in [2.75, 3.05) is 13.7 Å². The summed E-state index contributed by atoms with van der Waals surface area (Å²) >= 11 is 0. The lowest BCUT2D eigenvalue weighted by Gasteiger charge is -2.39. The van der Waals surface area contributed by atoms with E-state index in [2.05, 4.69) is 0 Å². The largest absolute Gasteiger partial charge is 0.493 e. The molecule has 1 aliphatic rings. The highest BCUT2D eigenvalue weighted by Crippen LogP contribution is 2.31. The second-order valence-electron chi connectivity index (χ2n) is 4.84. The van der Waals surface area contributed by atoms with Crippen molar-refractivity contribution < 1.29 is 39.4 Å². The van der Waals surface area contributed by atoms with E-state index < -0.39 is 37.3 Å². The van der Waals surface area contributed by atoms with E-state index in [1.165, 1.54) is 25.3 Å². The number of aliphatic hydroxyl groups is 4. The average Bonchev–Trinajstić information content (AvgIpc) is 2.55. The molecule has 8 nitrogen and oxygen atoms in total. The van der Waals surface area contributed by atoms with Gasteiger partial charge in [-0.1, -0.05) is 0 Å². The van der Waals surface area contributed by atoms with Crippen LogP contribution in [0.2, 0.25) is 0 Å². The number of hydrogen-bond donors (Lipinski definition) is 4. The van der Waals surface area contributed by atoms with Crippen molar-refractivity contribution in [3.05, 3.63) is 23.8 Å². The first-order valence-electron chi connectivity index (χ1n) is 6.62. The molecule has 8 heteroatoms. The van der Waals surface area contributed by atoms with Gasteiger partial charge in [-0.2, -0.15) is 0 Å². The van der Waals surface area contributed by atoms with Crippen molar-refractivity contribution in [3.63, 3.8) is 0 Å². The highest BCUT2D eigenvalue weighted by molar-refractivity contribution is 5.76. The van der Waals surface area contributed by atoms with E-state index in [4.69, 9.17) is 19.3 Å². The zero-order chi connectivity index (χ0) is 16.3. The Hall–Kier alpha value is -1.71. The second-order valence-corrected chi connectivity index (χ2v) is 4.84. The number of rotatable bonds is 5. The van der Waals surface area contributed by atoms with Crippen LogP contribution in [-0.2, 0) is 4.74 Å². The van der Waals surface area contributed by atoms with Gasteiger partial charge in [0.15, 0.2) is 11.5 Å². The molecule has 0 spiro atoms. The number of benzene rings is 1. The SMILES string of the molecule is COc1cc(C=O)ccc1O[C@H]1O[C@@H](CO)[C@H](O)[C@@H](O)[C@@H]1O. The zero-order valence-electron chi connectivity index (χ0n) is 11.8. The summed E-state index contributed by atoms with van der Waals surface area (Å²) < 4.78 is 15.8. The Morgan fingerprint density at radius 1 is 1.18 bits per heavy atom. The lowest BCUT2D eigenvalue weighted by atomic mass is 9.99. The number of aliphatic hydroxyl groups excluding tert-OH is 4. The maximum Gasteiger partial charge on any atom is 0.229 e. The van der Waals surface area contributed by atoms with Gasteiger partial charge in [0.1, 0.15) is 30.7 Å². The highest BCUT2D eigenvalue weighted by atomic mass is 16.7. The molecule has 0 radical (unpaired) electrons. The Morgan fingerprint density at radius 3 is 2.50 bits per heavy atom. The van der Waals surface area contributed by atoms with Crippen LogP contribution in [-0.4, -0.2) is 71.1 Å². The minimum atomic E-state index is -1.53. The smallest absolute Gasteiger partial charge is 0.229 e. The summed E-state index contributed by atoms with van der Waals surface area (Å²) in [5.41, 5.74) is 0.373. The molecular weight excluding hydrogens is 296 g/mol. The molecule has 0 amide bonds. The summed E-state index contributed by atoms with van der Waals surface area (Å²) in [5, 5.41) is 38.4. The van der Waals surface area contributed by atoms with Gasteiger partial charge in [-0.15, -0.1) is 0 Å². The molecule has 4 N–H and O–H groups in total. The normalized spacial score (nSPS) is 31.6. The van der Waals surface area contributed by atoms with E-state index in [0.29, 0.717) is 11.8 Å². The fraction of sp³-hybridized carbons (Fsp3) is 0.500. The van der Waals surface area contributed by atoms with Crippen LogP contribution in [0, 0.1) is 0 Å². The molecule has 1 fully saturated rings. The summed E-state index contributed by atoms with van der Waals surface area (Å²) in [4.78, 5) is 10.7. The van der Waals surface area contributed by atoms with Crippen LogP contribution in [0.3, 0.4) is 0 Å². The molecule has 1 aromatic rings. The number of ether oxygens (including phenoxy) is 3. The summed E-state index contributed by atoms with van der Waals surface area (Å²) in [6.45, 7) is -0.550. The molecule has 0 bridgehead atoms. The van der Waals surface area contributed by atoms with Gasteiger partial charge in [0.2, 0.25) is 6.29 Å². The number of hydrogen-bond acceptors (Lipinski definition) is 8. The Balaban J connectivity index is 2.20. The van der Waals surface area contributed by atoms with E-state index >= 15 is 0 Å². The van der Waals surface area contributed by atoms with E-state index in [1.54, 1.807) is 0 Å². The third-order valence-corrected chi connectivity index (χ3v) is 3.42. The molecule has 122 valence electrons. The van der Waals surface area contributed by atoms with Crippen molar-refractivity contribution in [2.45, 2.75) is 30.7 Å². The van der Waals surface area contributed by atoms with Gasteiger partial charge in [0.25, 0.3) is 0 Å². The zero-order valence-corrected chi connectivity index (χ0v) is 11.8. The summed E-state index contributed by atoms with van der Waals surface area (Å²) in [6, 6.07) is 4.37. The summed E-state index contributed by atoms with van der Waals surface area (Å²) in [6.07, 6.45) is -6.25. The van der Waals surface area contributed by atoms with Crippen molar-refractivity contribution in [2.24, 2.45) is 0 Å². The molecule has 22 heavy (non-hydrogen) atoms. The first kappa shape index (κ1) is 16.7. The molecule has 2 rings (SSSR count). The molecule has 1 aromatic carbocycles. The minimum absolute atomic E-state index is 0.178. The minimum Gasteiger partial charge on any atom is -0.493 e. The Labute approximate surface area is 126 Å². The van der Waals surface area contributed by atoms with Gasteiger partial charge in [0.05, 0.1) is 13.7 Å². The van der Waals surface area contributed by atoms with Crippen LogP contribution < -0.4 is 9.47 Å². The van der Waals surface area contributed by atoms with Crippen LogP contribution in [0.5, 0.6) is 11.5 Å². The van der Waals surface area contributed by atoms with Crippen LogP contribution in [0.15, 0.2) is 18.2 Å². The van der Waals surface area contributed by atoms with E-state index in [1.807, 2.05) is 0 Å². The molecular formula is C14H18O8. The van der Waals surface area contributed by atoms with Gasteiger partial charge in [-0.25, -0.2) is 0 Å². The monoisotopic (exact) mass is 314 g/mol. The van der Waals surface area contributed by atoms with Crippen LogP contribution in [0.25, 0.3) is 0 Å². The third kappa shape index (κ3) is 3.21. The van der Waals surface area contributed by atoms with Gasteiger partial charge >= 0.3 is 0 Å². The Kier molecular flexibility index (Phi) is 5.33. The molecule has 0 aliphatic carbocycles. The van der Waals surface area contributed by atoms with E-state index in [0.717, 1.165) is 0 Å². The standard InChI is InChI=1S/C14H18O8/c1-20-9-4-7(5-15)2-3-8(9)21-14-13(19)12(18)11(17)10(6-16)22-14/h2-5,10-14,16-19H,6H2,1H3/t10-,11-,12+,13-,14-/m0/s1. The maximum atomic E-state index is 10.7. The average molecular weight is 314 g/mol. The molecule has 1 saturated heterocycles. The fourth-order valence-electron chi connectivity index (χ4n) is 2.14. The highest BCUT2D eigenvalue weighted by Gasteiger charge is 2.44. The quantitative estimate of drug-likeness (QED) is 0.493. The third-order valence-electron chi connectivity index (χ3n) is 3.42. The van der Waals surface area contributed by atoms with Crippen molar-refractivity contribution in [1.29, 1.82) is 0 Å². The Bertz CT molecular complexity index is 518. The van der Waals surface area contributed by atoms with Crippen LogP contribution >= 0.6 is 0 Å². The first-order chi connectivity index (χ1) is 10.5. The maximum absolute atomic E-state index is 10.7. The topological polar surface area (TPSA) is 126 Å². The molecule has 0 aromatic heterocycles. The molecule has 0 saturated carbocycles. The number of carbonyl (C=O) groups excluding carboxylic acids is 1. The van der Waals surface area contributed by atoms with Gasteiger partial charge in [0, 0.05) is 5.56 Å². The number of carbonyl (C=O) groups is 1. The lowest BCUT2D eigenvalue weighted by molar-refractivity contribution is -0.277. The second kappa shape index (κ2) is 7.03. The number of methoxy groups -OCH3 is 1. The number of aldehydes is 1. The molecule has 1 aliphatic heterocycles. The van der Waals surface area contributed by atoms with Crippen LogP contribution in [0.4, 0.5) is 0 Å². The van der Waals surface area contributed by atoms with Gasteiger partial charge in [-0.05, 0) is 18.2 Å². The van der Waals surface area contributed by atoms with Crippen molar-refractivity contribution in [3.8, 4) is 11.5 Å². The fourth-order valence-corrected chi connectivity index (χ4v) is 2.14. The van der Waals surface area contributed by atoms with Crippen molar-refractivity contribution >= 4 is 6.29 Å². The predicted molar refractivity (Wildman–Crippen MR) is 72.8 cm³/mol. The van der Waals surface area contributed by atoms with Gasteiger partial charge in [-0.3, -0.25) is 4.79 Å². The summed E-state index contributed by atoms with van der Waals surface area (Å²) in [5.74, 6) is 0.416. The van der Waals surface area contributed by atoms with E-state index in [-0.39, 0.29) is 11.5 Å². The van der Waals surface area contributed by atoms with E-state index in [9.17, 15) is 20.1 Å². The summed E-state index contributed by atoms with van der Waals surface area (Å²) in [7, 11) is 1.38. The molecule has 5 atom stereocenters. The lowest BCUT2D eigenvalue weighted by Crippen LogP contribution is -2.60. The Morgan fingerprint density at radius 2 is 1.91 bits per heavy atom. The first-order valence-corrected chi connectivity index (χ1v) is 6.62. The molecule has 1 heterocycles. The molecule has 0 unspecified atom stereocenters. The van der Waals surface area contributed by atoms with Crippen molar-refractivity contribution in [1.82, 2.24) is 0 Å². The predicted octanol–water partition coefficient (Wildman–Crippen LogP) is -1.31.